The van der Waals surface area contributed by atoms with E-state index in [4.69, 9.17) is 4.74 Å². The summed E-state index contributed by atoms with van der Waals surface area (Å²) < 4.78 is 4.73. The fourth-order valence-electron chi connectivity index (χ4n) is 1.97. The summed E-state index contributed by atoms with van der Waals surface area (Å²) in [6.07, 6.45) is 2.49. The number of hydrogen-bond donors (Lipinski definition) is 0. The summed E-state index contributed by atoms with van der Waals surface area (Å²) in [6, 6.07) is 2.20. The molecule has 106 valence electrons. The van der Waals surface area contributed by atoms with Gasteiger partial charge in [-0.2, -0.15) is 10.4 Å². The van der Waals surface area contributed by atoms with Crippen molar-refractivity contribution in [3.05, 3.63) is 16.8 Å². The van der Waals surface area contributed by atoms with Gasteiger partial charge >= 0.3 is 5.97 Å². The third-order valence-electron chi connectivity index (χ3n) is 3.75. The minimum Gasteiger partial charge on any atom is -0.469 e. The summed E-state index contributed by atoms with van der Waals surface area (Å²) in [4.78, 5) is 11.4. The Bertz CT molecular complexity index is 577. The Labute approximate surface area is 122 Å². The number of rotatable bonds is 5. The average molecular weight is 291 g/mol. The summed E-state index contributed by atoms with van der Waals surface area (Å²) in [5.74, 6) is 0.600. The van der Waals surface area contributed by atoms with E-state index < -0.39 is 0 Å². The molecule has 0 spiro atoms. The maximum atomic E-state index is 11.4. The highest BCUT2D eigenvalue weighted by atomic mass is 32.2. The molecule has 0 aromatic carbocycles. The van der Waals surface area contributed by atoms with Gasteiger partial charge in [0.15, 0.2) is 0 Å². The molecule has 1 heterocycles. The fraction of sp³-hybridized carbons (Fsp3) is 0.571. The molecule has 1 saturated carbocycles. The minimum atomic E-state index is -0.172. The lowest BCUT2D eigenvalue weighted by Crippen LogP contribution is -2.13. The molecule has 6 heteroatoms. The number of hydrogen-bond acceptors (Lipinski definition) is 6. The van der Waals surface area contributed by atoms with Crippen molar-refractivity contribution in [3.63, 3.8) is 0 Å². The summed E-state index contributed by atoms with van der Waals surface area (Å²) in [5.41, 5.74) is 2.27. The molecule has 0 saturated heterocycles. The van der Waals surface area contributed by atoms with Gasteiger partial charge in [0.1, 0.15) is 11.1 Å². The SMILES string of the molecule is COC(=O)CC1(CSc2nnc(C)c(C)c2C#N)CC1. The molecular formula is C14H17N3O2S. The molecule has 2 rings (SSSR count). The Balaban J connectivity index is 2.07. The zero-order valence-electron chi connectivity index (χ0n) is 11.9. The van der Waals surface area contributed by atoms with Crippen LogP contribution >= 0.6 is 11.8 Å². The zero-order chi connectivity index (χ0) is 14.8. The van der Waals surface area contributed by atoms with E-state index >= 15 is 0 Å². The largest absolute Gasteiger partial charge is 0.469 e. The second-order valence-corrected chi connectivity index (χ2v) is 6.21. The second kappa shape index (κ2) is 5.80. The van der Waals surface area contributed by atoms with E-state index in [2.05, 4.69) is 16.3 Å². The maximum Gasteiger partial charge on any atom is 0.306 e. The first-order valence-electron chi connectivity index (χ1n) is 6.45. The number of esters is 1. The first kappa shape index (κ1) is 14.8. The molecule has 0 aliphatic heterocycles. The van der Waals surface area contributed by atoms with Crippen molar-refractivity contribution in [3.8, 4) is 6.07 Å². The van der Waals surface area contributed by atoms with E-state index in [9.17, 15) is 10.1 Å². The highest BCUT2D eigenvalue weighted by Gasteiger charge is 2.44. The molecule has 0 radical (unpaired) electrons. The lowest BCUT2D eigenvalue weighted by Gasteiger charge is -2.13. The van der Waals surface area contributed by atoms with Crippen LogP contribution in [0.2, 0.25) is 0 Å². The Morgan fingerprint density at radius 3 is 2.70 bits per heavy atom. The Kier molecular flexibility index (Phi) is 4.29. The second-order valence-electron chi connectivity index (χ2n) is 5.24. The molecular weight excluding hydrogens is 274 g/mol. The summed E-state index contributed by atoms with van der Waals surface area (Å²) in [7, 11) is 1.41. The standard InChI is InChI=1S/C14H17N3O2S/c1-9-10(2)16-17-13(11(9)7-15)20-8-14(4-5-14)6-12(18)19-3/h4-6,8H2,1-3H3. The topological polar surface area (TPSA) is 75.9 Å². The molecule has 0 N–H and O–H groups in total. The van der Waals surface area contributed by atoms with Gasteiger partial charge in [-0.05, 0) is 37.7 Å². The van der Waals surface area contributed by atoms with Crippen LogP contribution in [0.15, 0.2) is 5.03 Å². The van der Waals surface area contributed by atoms with Crippen molar-refractivity contribution < 1.29 is 9.53 Å². The predicted molar refractivity (Wildman–Crippen MR) is 75.2 cm³/mol. The number of carbonyl (C=O) groups excluding carboxylic acids is 1. The first-order valence-corrected chi connectivity index (χ1v) is 7.43. The fourth-order valence-corrected chi connectivity index (χ4v) is 3.24. The van der Waals surface area contributed by atoms with Gasteiger partial charge in [0.2, 0.25) is 0 Å². The Morgan fingerprint density at radius 1 is 1.45 bits per heavy atom. The third kappa shape index (κ3) is 3.10. The van der Waals surface area contributed by atoms with Gasteiger partial charge < -0.3 is 4.74 Å². The van der Waals surface area contributed by atoms with E-state index in [1.165, 1.54) is 18.9 Å². The van der Waals surface area contributed by atoms with Crippen LogP contribution in [0.25, 0.3) is 0 Å². The molecule has 1 aromatic heterocycles. The lowest BCUT2D eigenvalue weighted by molar-refractivity contribution is -0.141. The smallest absolute Gasteiger partial charge is 0.306 e. The van der Waals surface area contributed by atoms with Gasteiger partial charge in [-0.1, -0.05) is 0 Å². The maximum absolute atomic E-state index is 11.4. The molecule has 5 nitrogen and oxygen atoms in total. The monoisotopic (exact) mass is 291 g/mol. The highest BCUT2D eigenvalue weighted by Crippen LogP contribution is 2.52. The van der Waals surface area contributed by atoms with Crippen LogP contribution in [-0.4, -0.2) is 29.0 Å². The van der Waals surface area contributed by atoms with Gasteiger partial charge in [0.25, 0.3) is 0 Å². The van der Waals surface area contributed by atoms with Crippen LogP contribution in [-0.2, 0) is 9.53 Å². The van der Waals surface area contributed by atoms with E-state index in [-0.39, 0.29) is 11.4 Å². The molecule has 0 unspecified atom stereocenters. The quantitative estimate of drug-likeness (QED) is 0.612. The van der Waals surface area contributed by atoms with Gasteiger partial charge in [0.05, 0.1) is 24.8 Å². The van der Waals surface area contributed by atoms with Crippen LogP contribution in [0.5, 0.6) is 0 Å². The molecule has 1 aromatic rings. The molecule has 0 amide bonds. The number of methoxy groups -OCH3 is 1. The molecule has 1 aliphatic carbocycles. The number of aromatic nitrogens is 2. The van der Waals surface area contributed by atoms with Crippen LogP contribution in [0.1, 0.15) is 36.1 Å². The Morgan fingerprint density at radius 2 is 2.15 bits per heavy atom. The van der Waals surface area contributed by atoms with Gasteiger partial charge in [-0.3, -0.25) is 4.79 Å². The normalized spacial score (nSPS) is 15.5. The number of ether oxygens (including phenoxy) is 1. The van der Waals surface area contributed by atoms with Crippen LogP contribution in [0.3, 0.4) is 0 Å². The average Bonchev–Trinajstić information content (AvgIpc) is 3.20. The van der Waals surface area contributed by atoms with Crippen molar-refractivity contribution in [1.82, 2.24) is 10.2 Å². The number of carbonyl (C=O) groups is 1. The van der Waals surface area contributed by atoms with Gasteiger partial charge in [-0.15, -0.1) is 16.9 Å². The van der Waals surface area contributed by atoms with Gasteiger partial charge in [0, 0.05) is 5.75 Å². The van der Waals surface area contributed by atoms with E-state index in [0.717, 1.165) is 29.9 Å². The lowest BCUT2D eigenvalue weighted by atomic mass is 10.1. The van der Waals surface area contributed by atoms with Crippen molar-refractivity contribution in [2.45, 2.75) is 38.1 Å². The van der Waals surface area contributed by atoms with Crippen LogP contribution in [0, 0.1) is 30.6 Å². The number of nitriles is 1. The van der Waals surface area contributed by atoms with Gasteiger partial charge in [-0.25, -0.2) is 0 Å². The van der Waals surface area contributed by atoms with E-state index in [0.29, 0.717) is 17.0 Å². The Hall–Kier alpha value is -1.61. The summed E-state index contributed by atoms with van der Waals surface area (Å²) >= 11 is 1.51. The molecule has 0 atom stereocenters. The zero-order valence-corrected chi connectivity index (χ0v) is 12.7. The van der Waals surface area contributed by atoms with Crippen molar-refractivity contribution in [2.75, 3.05) is 12.9 Å². The van der Waals surface area contributed by atoms with Crippen molar-refractivity contribution in [2.24, 2.45) is 5.41 Å². The van der Waals surface area contributed by atoms with Crippen LogP contribution in [0.4, 0.5) is 0 Å². The molecule has 0 bridgehead atoms. The summed E-state index contributed by atoms with van der Waals surface area (Å²) in [5, 5.41) is 18.1. The molecule has 1 aliphatic rings. The highest BCUT2D eigenvalue weighted by molar-refractivity contribution is 7.99. The van der Waals surface area contributed by atoms with E-state index in [1.807, 2.05) is 13.8 Å². The van der Waals surface area contributed by atoms with Crippen LogP contribution < -0.4 is 0 Å². The first-order chi connectivity index (χ1) is 9.51. The number of aryl methyl sites for hydroxylation is 1. The van der Waals surface area contributed by atoms with E-state index in [1.54, 1.807) is 0 Å². The molecule has 20 heavy (non-hydrogen) atoms. The van der Waals surface area contributed by atoms with Crippen molar-refractivity contribution in [1.29, 1.82) is 5.26 Å². The third-order valence-corrected chi connectivity index (χ3v) is 5.07. The minimum absolute atomic E-state index is 0.0188. The predicted octanol–water partition coefficient (Wildman–Crippen LogP) is 2.40. The van der Waals surface area contributed by atoms with Crippen molar-refractivity contribution >= 4 is 17.7 Å². The number of nitrogens with zero attached hydrogens (tertiary/aromatic N) is 3. The molecule has 1 fully saturated rings. The summed E-state index contributed by atoms with van der Waals surface area (Å²) in [6.45, 7) is 3.73. The number of thioether (sulfide) groups is 1.